The van der Waals surface area contributed by atoms with Gasteiger partial charge in [-0.1, -0.05) is 11.6 Å². The Morgan fingerprint density at radius 3 is 2.94 bits per heavy atom. The molecule has 0 aliphatic heterocycles. The van der Waals surface area contributed by atoms with Crippen LogP contribution in [-0.4, -0.2) is 15.9 Å². The summed E-state index contributed by atoms with van der Waals surface area (Å²) >= 11 is 3.37. The SMILES string of the molecule is Cc1ccc(Br)c(C(=O)NCc2ccncn2)c1. The van der Waals surface area contributed by atoms with Crippen molar-refractivity contribution >= 4 is 21.8 Å². The summed E-state index contributed by atoms with van der Waals surface area (Å²) in [6.07, 6.45) is 3.11. The molecular formula is C13H12BrN3O. The molecule has 0 unspecified atom stereocenters. The van der Waals surface area contributed by atoms with Crippen molar-refractivity contribution in [2.24, 2.45) is 0 Å². The molecule has 0 aliphatic rings. The third-order valence-corrected chi connectivity index (χ3v) is 3.13. The lowest BCUT2D eigenvalue weighted by Crippen LogP contribution is -2.23. The summed E-state index contributed by atoms with van der Waals surface area (Å²) in [5.41, 5.74) is 2.46. The average Bonchev–Trinajstić information content (AvgIpc) is 2.40. The number of rotatable bonds is 3. The molecule has 1 aromatic heterocycles. The minimum atomic E-state index is -0.121. The minimum absolute atomic E-state index is 0.121. The lowest BCUT2D eigenvalue weighted by Gasteiger charge is -2.07. The highest BCUT2D eigenvalue weighted by molar-refractivity contribution is 9.10. The number of halogens is 1. The van der Waals surface area contributed by atoms with Crippen molar-refractivity contribution in [3.8, 4) is 0 Å². The van der Waals surface area contributed by atoms with E-state index in [1.54, 1.807) is 12.3 Å². The topological polar surface area (TPSA) is 54.9 Å². The van der Waals surface area contributed by atoms with Gasteiger partial charge in [0.25, 0.3) is 5.91 Å². The Morgan fingerprint density at radius 2 is 2.22 bits per heavy atom. The van der Waals surface area contributed by atoms with Crippen LogP contribution in [0.2, 0.25) is 0 Å². The van der Waals surface area contributed by atoms with Crippen LogP contribution < -0.4 is 5.32 Å². The minimum Gasteiger partial charge on any atom is -0.346 e. The van der Waals surface area contributed by atoms with Crippen molar-refractivity contribution in [2.45, 2.75) is 13.5 Å². The highest BCUT2D eigenvalue weighted by Gasteiger charge is 2.09. The highest BCUT2D eigenvalue weighted by atomic mass is 79.9. The smallest absolute Gasteiger partial charge is 0.252 e. The maximum atomic E-state index is 12.0. The number of hydrogen-bond acceptors (Lipinski definition) is 3. The van der Waals surface area contributed by atoms with Gasteiger partial charge in [-0.2, -0.15) is 0 Å². The molecule has 2 rings (SSSR count). The van der Waals surface area contributed by atoms with Crippen molar-refractivity contribution in [3.63, 3.8) is 0 Å². The molecule has 1 aromatic carbocycles. The molecule has 4 nitrogen and oxygen atoms in total. The first-order valence-electron chi connectivity index (χ1n) is 5.46. The van der Waals surface area contributed by atoms with E-state index >= 15 is 0 Å². The van der Waals surface area contributed by atoms with Gasteiger partial charge >= 0.3 is 0 Å². The van der Waals surface area contributed by atoms with Crippen LogP contribution >= 0.6 is 15.9 Å². The molecule has 0 spiro atoms. The number of benzene rings is 1. The average molecular weight is 306 g/mol. The quantitative estimate of drug-likeness (QED) is 0.948. The van der Waals surface area contributed by atoms with Gasteiger partial charge in [0.2, 0.25) is 0 Å². The van der Waals surface area contributed by atoms with Gasteiger partial charge in [0.1, 0.15) is 6.33 Å². The van der Waals surface area contributed by atoms with Gasteiger partial charge in [-0.15, -0.1) is 0 Å². The van der Waals surface area contributed by atoms with E-state index in [1.807, 2.05) is 25.1 Å². The van der Waals surface area contributed by atoms with Crippen LogP contribution in [-0.2, 0) is 6.54 Å². The molecule has 1 heterocycles. The van der Waals surface area contributed by atoms with Crippen LogP contribution in [0.5, 0.6) is 0 Å². The first kappa shape index (κ1) is 12.7. The summed E-state index contributed by atoms with van der Waals surface area (Å²) in [5, 5.41) is 2.82. The number of nitrogens with zero attached hydrogens (tertiary/aromatic N) is 2. The monoisotopic (exact) mass is 305 g/mol. The van der Waals surface area contributed by atoms with E-state index in [1.165, 1.54) is 6.33 Å². The van der Waals surface area contributed by atoms with E-state index < -0.39 is 0 Å². The molecule has 0 atom stereocenters. The molecule has 92 valence electrons. The second-order valence-corrected chi connectivity index (χ2v) is 4.72. The Labute approximate surface area is 114 Å². The Bertz CT molecular complexity index is 557. The van der Waals surface area contributed by atoms with Crippen LogP contribution in [0.15, 0.2) is 41.3 Å². The molecule has 0 fully saturated rings. The second-order valence-electron chi connectivity index (χ2n) is 3.87. The van der Waals surface area contributed by atoms with Gasteiger partial charge in [-0.25, -0.2) is 9.97 Å². The number of hydrogen-bond donors (Lipinski definition) is 1. The number of aryl methyl sites for hydroxylation is 1. The van der Waals surface area contributed by atoms with E-state index in [2.05, 4.69) is 31.2 Å². The summed E-state index contributed by atoms with van der Waals surface area (Å²) in [6, 6.07) is 7.44. The zero-order valence-corrected chi connectivity index (χ0v) is 11.4. The highest BCUT2D eigenvalue weighted by Crippen LogP contribution is 2.17. The summed E-state index contributed by atoms with van der Waals surface area (Å²) in [6.45, 7) is 2.34. The van der Waals surface area contributed by atoms with Crippen LogP contribution in [0.4, 0.5) is 0 Å². The number of carbonyl (C=O) groups excluding carboxylic acids is 1. The summed E-state index contributed by atoms with van der Waals surface area (Å²) in [4.78, 5) is 19.9. The van der Waals surface area contributed by atoms with Crippen molar-refractivity contribution in [1.82, 2.24) is 15.3 Å². The number of nitrogens with one attached hydrogen (secondary N) is 1. The second kappa shape index (κ2) is 5.73. The van der Waals surface area contributed by atoms with Crippen LogP contribution in [0.3, 0.4) is 0 Å². The molecule has 5 heteroatoms. The van der Waals surface area contributed by atoms with Crippen molar-refractivity contribution in [2.75, 3.05) is 0 Å². The van der Waals surface area contributed by atoms with E-state index in [-0.39, 0.29) is 5.91 Å². The van der Waals surface area contributed by atoms with Gasteiger partial charge in [-0.05, 0) is 41.1 Å². The first-order chi connectivity index (χ1) is 8.66. The fourth-order valence-corrected chi connectivity index (χ4v) is 1.93. The molecule has 18 heavy (non-hydrogen) atoms. The van der Waals surface area contributed by atoms with E-state index in [0.717, 1.165) is 15.7 Å². The van der Waals surface area contributed by atoms with Gasteiger partial charge < -0.3 is 5.32 Å². The van der Waals surface area contributed by atoms with Crippen molar-refractivity contribution in [3.05, 3.63) is 58.1 Å². The summed E-state index contributed by atoms with van der Waals surface area (Å²) in [5.74, 6) is -0.121. The largest absolute Gasteiger partial charge is 0.346 e. The zero-order chi connectivity index (χ0) is 13.0. The van der Waals surface area contributed by atoms with Gasteiger partial charge in [0.15, 0.2) is 0 Å². The van der Waals surface area contributed by atoms with Crippen LogP contribution in [0.25, 0.3) is 0 Å². The Hall–Kier alpha value is -1.75. The first-order valence-corrected chi connectivity index (χ1v) is 6.25. The maximum Gasteiger partial charge on any atom is 0.252 e. The molecule has 0 aliphatic carbocycles. The van der Waals surface area contributed by atoms with Gasteiger partial charge in [0, 0.05) is 10.7 Å². The number of aromatic nitrogens is 2. The predicted molar refractivity (Wildman–Crippen MR) is 72.1 cm³/mol. The van der Waals surface area contributed by atoms with E-state index in [4.69, 9.17) is 0 Å². The van der Waals surface area contributed by atoms with Crippen molar-refractivity contribution < 1.29 is 4.79 Å². The molecule has 1 N–H and O–H groups in total. The lowest BCUT2D eigenvalue weighted by molar-refractivity contribution is 0.0949. The van der Waals surface area contributed by atoms with Gasteiger partial charge in [0.05, 0.1) is 17.8 Å². The Morgan fingerprint density at radius 1 is 1.39 bits per heavy atom. The standard InChI is InChI=1S/C13H12BrN3O/c1-9-2-3-12(14)11(6-9)13(18)16-7-10-4-5-15-8-17-10/h2-6,8H,7H2,1H3,(H,16,18). The van der Waals surface area contributed by atoms with Crippen molar-refractivity contribution in [1.29, 1.82) is 0 Å². The third-order valence-electron chi connectivity index (χ3n) is 2.44. The molecule has 0 saturated carbocycles. The Kier molecular flexibility index (Phi) is 4.04. The lowest BCUT2D eigenvalue weighted by atomic mass is 10.1. The number of amides is 1. The van der Waals surface area contributed by atoms with Crippen LogP contribution in [0, 0.1) is 6.92 Å². The fraction of sp³-hybridized carbons (Fsp3) is 0.154. The zero-order valence-electron chi connectivity index (χ0n) is 9.85. The molecule has 0 radical (unpaired) electrons. The Balaban J connectivity index is 2.06. The molecule has 2 aromatic rings. The third kappa shape index (κ3) is 3.13. The van der Waals surface area contributed by atoms with E-state index in [9.17, 15) is 4.79 Å². The maximum absolute atomic E-state index is 12.0. The molecular weight excluding hydrogens is 294 g/mol. The summed E-state index contributed by atoms with van der Waals surface area (Å²) < 4.78 is 0.785. The normalized spacial score (nSPS) is 10.1. The molecule has 0 bridgehead atoms. The van der Waals surface area contributed by atoms with Crippen LogP contribution in [0.1, 0.15) is 21.6 Å². The number of carbonyl (C=O) groups is 1. The molecule has 1 amide bonds. The fourth-order valence-electron chi connectivity index (χ4n) is 1.50. The summed E-state index contributed by atoms with van der Waals surface area (Å²) in [7, 11) is 0. The van der Waals surface area contributed by atoms with Gasteiger partial charge in [-0.3, -0.25) is 4.79 Å². The molecule has 0 saturated heterocycles. The predicted octanol–water partition coefficient (Wildman–Crippen LogP) is 2.48. The van der Waals surface area contributed by atoms with E-state index in [0.29, 0.717) is 12.1 Å².